The molecule has 2 aromatic rings. The van der Waals surface area contributed by atoms with Gasteiger partial charge in [-0.3, -0.25) is 0 Å². The number of nitrogens with one attached hydrogen (secondary N) is 1. The molecule has 0 radical (unpaired) electrons. The van der Waals surface area contributed by atoms with E-state index in [-0.39, 0.29) is 18.4 Å². The second-order valence-electron chi connectivity index (χ2n) is 6.81. The molecule has 0 saturated carbocycles. The molecule has 1 aliphatic rings. The van der Waals surface area contributed by atoms with Gasteiger partial charge in [0.05, 0.1) is 12.3 Å². The Bertz CT molecular complexity index is 654. The molecule has 3 rings (SSSR count). The predicted octanol–water partition coefficient (Wildman–Crippen LogP) is 2.83. The monoisotopic (exact) mass is 304 g/mol. The van der Waals surface area contributed by atoms with Crippen LogP contribution in [0, 0.1) is 0 Å². The first-order valence-corrected chi connectivity index (χ1v) is 7.87. The molecule has 2 N–H and O–H groups in total. The first-order valence-electron chi connectivity index (χ1n) is 7.87. The number of hydrogen-bond acceptors (Lipinski definition) is 5. The van der Waals surface area contributed by atoms with E-state index in [2.05, 4.69) is 31.2 Å². The molecule has 6 heteroatoms. The van der Waals surface area contributed by atoms with Crippen molar-refractivity contribution in [1.29, 1.82) is 0 Å². The molecule has 1 unspecified atom stereocenters. The topological polar surface area (TPSA) is 72.2 Å². The van der Waals surface area contributed by atoms with E-state index < -0.39 is 0 Å². The van der Waals surface area contributed by atoms with Crippen molar-refractivity contribution in [3.63, 3.8) is 0 Å². The largest absolute Gasteiger partial charge is 0.390 e. The highest BCUT2D eigenvalue weighted by atomic mass is 16.5. The van der Waals surface area contributed by atoms with E-state index in [1.807, 2.05) is 16.8 Å². The number of ether oxygens (including phenoxy) is 1. The zero-order chi connectivity index (χ0) is 15.7. The summed E-state index contributed by atoms with van der Waals surface area (Å²) < 4.78 is 7.66. The molecule has 6 nitrogen and oxygen atoms in total. The van der Waals surface area contributed by atoms with Gasteiger partial charge in [-0.25, -0.2) is 9.67 Å². The molecule has 0 bridgehead atoms. The van der Waals surface area contributed by atoms with Crippen LogP contribution in [0.3, 0.4) is 0 Å². The summed E-state index contributed by atoms with van der Waals surface area (Å²) in [6.45, 7) is 6.95. The summed E-state index contributed by atoms with van der Waals surface area (Å²) in [6.07, 6.45) is 3.06. The van der Waals surface area contributed by atoms with Crippen molar-refractivity contribution in [3.8, 4) is 0 Å². The van der Waals surface area contributed by atoms with Crippen LogP contribution in [0.5, 0.6) is 0 Å². The average molecular weight is 304 g/mol. The maximum Gasteiger partial charge on any atom is 0.163 e. The fraction of sp³-hybridized carbons (Fsp3) is 0.625. The molecular formula is C16H24N4O2. The van der Waals surface area contributed by atoms with Gasteiger partial charge in [0.25, 0.3) is 0 Å². The molecular weight excluding hydrogens is 280 g/mol. The lowest BCUT2D eigenvalue weighted by atomic mass is 10.1. The molecule has 1 aliphatic heterocycles. The fourth-order valence-corrected chi connectivity index (χ4v) is 2.77. The number of rotatable bonds is 3. The second-order valence-corrected chi connectivity index (χ2v) is 6.81. The smallest absolute Gasteiger partial charge is 0.163 e. The van der Waals surface area contributed by atoms with E-state index in [1.165, 1.54) is 0 Å². The first-order chi connectivity index (χ1) is 10.5. The summed E-state index contributed by atoms with van der Waals surface area (Å²) in [5.41, 5.74) is 1.36. The molecule has 0 aliphatic carbocycles. The minimum Gasteiger partial charge on any atom is -0.390 e. The molecule has 0 spiro atoms. The normalized spacial score (nSPS) is 19.5. The quantitative estimate of drug-likeness (QED) is 0.912. The number of hydrogen-bond donors (Lipinski definition) is 2. The molecule has 1 atom stereocenters. The van der Waals surface area contributed by atoms with Crippen molar-refractivity contribution < 1.29 is 9.84 Å². The van der Waals surface area contributed by atoms with Crippen LogP contribution in [0.25, 0.3) is 11.0 Å². The van der Waals surface area contributed by atoms with Gasteiger partial charge in [-0.1, -0.05) is 0 Å². The number of nitrogens with zero attached hydrogens (tertiary/aromatic N) is 3. The van der Waals surface area contributed by atoms with E-state index in [9.17, 15) is 5.11 Å². The van der Waals surface area contributed by atoms with E-state index >= 15 is 0 Å². The number of aliphatic hydroxyl groups excluding tert-OH is 1. The zero-order valence-corrected chi connectivity index (χ0v) is 13.5. The lowest BCUT2D eigenvalue weighted by Crippen LogP contribution is -2.26. The van der Waals surface area contributed by atoms with Gasteiger partial charge < -0.3 is 15.2 Å². The summed E-state index contributed by atoms with van der Waals surface area (Å²) in [4.78, 5) is 4.70. The van der Waals surface area contributed by atoms with Crippen LogP contribution in [0.4, 0.5) is 5.82 Å². The summed E-state index contributed by atoms with van der Waals surface area (Å²) in [5.74, 6) is 0.807. The van der Waals surface area contributed by atoms with Crippen LogP contribution >= 0.6 is 0 Å². The molecule has 1 saturated heterocycles. The standard InChI is InChI=1S/C16H24N4O2/c1-16(2,3)18-13-8-7-11-12(10-21)19-20(15(11)17-13)14-6-4-5-9-22-14/h7-8,14,21H,4-6,9-10H2,1-3H3,(H,17,18). The fourth-order valence-electron chi connectivity index (χ4n) is 2.77. The van der Waals surface area contributed by atoms with Crippen LogP contribution in [0.1, 0.15) is 52.0 Å². The van der Waals surface area contributed by atoms with Gasteiger partial charge in [0.1, 0.15) is 5.82 Å². The summed E-state index contributed by atoms with van der Waals surface area (Å²) in [7, 11) is 0. The van der Waals surface area contributed by atoms with Crippen molar-refractivity contribution in [3.05, 3.63) is 17.8 Å². The SMILES string of the molecule is CC(C)(C)Nc1ccc2c(CO)nn(C3CCCCO3)c2n1. The van der Waals surface area contributed by atoms with Crippen LogP contribution < -0.4 is 5.32 Å². The summed E-state index contributed by atoms with van der Waals surface area (Å²) >= 11 is 0. The number of pyridine rings is 1. The predicted molar refractivity (Wildman–Crippen MR) is 85.7 cm³/mol. The molecule has 1 fully saturated rings. The molecule has 2 aromatic heterocycles. The highest BCUT2D eigenvalue weighted by Crippen LogP contribution is 2.28. The summed E-state index contributed by atoms with van der Waals surface area (Å²) in [5, 5.41) is 18.3. The third-order valence-corrected chi connectivity index (χ3v) is 3.71. The number of aromatic nitrogens is 3. The molecule has 22 heavy (non-hydrogen) atoms. The van der Waals surface area contributed by atoms with Gasteiger partial charge >= 0.3 is 0 Å². The van der Waals surface area contributed by atoms with Crippen molar-refractivity contribution in [2.24, 2.45) is 0 Å². The van der Waals surface area contributed by atoms with Crippen LogP contribution in [0.2, 0.25) is 0 Å². The van der Waals surface area contributed by atoms with Crippen LogP contribution in [0.15, 0.2) is 12.1 Å². The Morgan fingerprint density at radius 1 is 1.36 bits per heavy atom. The molecule has 0 aromatic carbocycles. The Morgan fingerprint density at radius 3 is 2.82 bits per heavy atom. The van der Waals surface area contributed by atoms with Crippen molar-refractivity contribution >= 4 is 16.9 Å². The van der Waals surface area contributed by atoms with Gasteiger partial charge in [-0.05, 0) is 52.2 Å². The third kappa shape index (κ3) is 3.08. The van der Waals surface area contributed by atoms with E-state index in [0.717, 1.165) is 42.7 Å². The minimum atomic E-state index is -0.0933. The second kappa shape index (κ2) is 5.85. The highest BCUT2D eigenvalue weighted by molar-refractivity contribution is 5.80. The Balaban J connectivity index is 2.04. The van der Waals surface area contributed by atoms with Crippen molar-refractivity contribution in [1.82, 2.24) is 14.8 Å². The van der Waals surface area contributed by atoms with Gasteiger partial charge in [0.2, 0.25) is 0 Å². The number of anilines is 1. The van der Waals surface area contributed by atoms with Crippen molar-refractivity contribution in [2.75, 3.05) is 11.9 Å². The van der Waals surface area contributed by atoms with E-state index in [0.29, 0.717) is 5.69 Å². The number of fused-ring (bicyclic) bond motifs is 1. The zero-order valence-electron chi connectivity index (χ0n) is 13.5. The maximum atomic E-state index is 9.54. The molecule has 120 valence electrons. The molecule has 3 heterocycles. The van der Waals surface area contributed by atoms with Gasteiger partial charge in [0, 0.05) is 17.5 Å². The van der Waals surface area contributed by atoms with Crippen LogP contribution in [-0.2, 0) is 11.3 Å². The van der Waals surface area contributed by atoms with E-state index in [4.69, 9.17) is 9.72 Å². The number of aliphatic hydroxyl groups is 1. The Hall–Kier alpha value is -1.66. The van der Waals surface area contributed by atoms with E-state index in [1.54, 1.807) is 0 Å². The van der Waals surface area contributed by atoms with Gasteiger partial charge in [-0.15, -0.1) is 0 Å². The summed E-state index contributed by atoms with van der Waals surface area (Å²) in [6, 6.07) is 3.90. The third-order valence-electron chi connectivity index (χ3n) is 3.71. The first kappa shape index (κ1) is 15.2. The van der Waals surface area contributed by atoms with Crippen LogP contribution in [-0.4, -0.2) is 32.0 Å². The lowest BCUT2D eigenvalue weighted by Gasteiger charge is -2.24. The Kier molecular flexibility index (Phi) is 4.06. The molecule has 0 amide bonds. The Morgan fingerprint density at radius 2 is 2.18 bits per heavy atom. The maximum absolute atomic E-state index is 9.54. The lowest BCUT2D eigenvalue weighted by molar-refractivity contribution is -0.0373. The van der Waals surface area contributed by atoms with Gasteiger partial charge in [0.15, 0.2) is 11.9 Å². The average Bonchev–Trinajstić information content (AvgIpc) is 2.84. The Labute approximate surface area is 130 Å². The highest BCUT2D eigenvalue weighted by Gasteiger charge is 2.22. The van der Waals surface area contributed by atoms with Gasteiger partial charge in [-0.2, -0.15) is 5.10 Å². The van der Waals surface area contributed by atoms with Crippen molar-refractivity contribution in [2.45, 2.75) is 58.4 Å². The minimum absolute atomic E-state index is 0.0628.